The predicted molar refractivity (Wildman–Crippen MR) is 90.6 cm³/mol. The predicted octanol–water partition coefficient (Wildman–Crippen LogP) is 0.120. The summed E-state index contributed by atoms with van der Waals surface area (Å²) in [5, 5.41) is 2.61. The summed E-state index contributed by atoms with van der Waals surface area (Å²) in [5.41, 5.74) is 9.29. The minimum Gasteiger partial charge on any atom is -0.355 e. The van der Waals surface area contributed by atoms with Crippen LogP contribution in [0.2, 0.25) is 0 Å². The molecule has 7 heteroatoms. The van der Waals surface area contributed by atoms with Crippen LogP contribution in [0, 0.1) is 0 Å². The second-order valence-corrected chi connectivity index (χ2v) is 6.40. The molecule has 0 bridgehead atoms. The van der Waals surface area contributed by atoms with Crippen molar-refractivity contribution in [2.45, 2.75) is 18.9 Å². The quantitative estimate of drug-likeness (QED) is 0.735. The van der Waals surface area contributed by atoms with Crippen molar-refractivity contribution in [2.24, 2.45) is 5.73 Å². The first-order valence-electron chi connectivity index (χ1n) is 8.28. The molecular formula is C17H21N5O2. The highest BCUT2D eigenvalue weighted by Crippen LogP contribution is 2.34. The van der Waals surface area contributed by atoms with Gasteiger partial charge in [-0.15, -0.1) is 0 Å². The number of hydrogen-bond acceptors (Lipinski definition) is 4. The van der Waals surface area contributed by atoms with E-state index in [0.717, 1.165) is 49.6 Å². The molecule has 1 aromatic heterocycles. The second-order valence-electron chi connectivity index (χ2n) is 6.40. The lowest BCUT2D eigenvalue weighted by Gasteiger charge is -2.30. The normalized spacial score (nSPS) is 22.0. The number of fused-ring (bicyclic) bond motifs is 1. The van der Waals surface area contributed by atoms with Gasteiger partial charge >= 0.3 is 0 Å². The zero-order valence-electron chi connectivity index (χ0n) is 13.6. The Labute approximate surface area is 140 Å². The van der Waals surface area contributed by atoms with Crippen LogP contribution in [0.5, 0.6) is 0 Å². The maximum Gasteiger partial charge on any atom is 0.270 e. The maximum absolute atomic E-state index is 12.4. The van der Waals surface area contributed by atoms with Crippen LogP contribution < -0.4 is 16.0 Å². The number of amides is 2. The number of allylic oxidation sites excluding steroid dienone is 1. The SMILES string of the molecule is CNC(=O)C1=CC(N2CCc3cc(C(=O)N4CCC4)[nH]c32)=CC1N. The van der Waals surface area contributed by atoms with Gasteiger partial charge in [0.05, 0.1) is 6.04 Å². The van der Waals surface area contributed by atoms with Crippen molar-refractivity contribution < 1.29 is 9.59 Å². The average Bonchev–Trinajstić information content (AvgIpc) is 3.17. The smallest absolute Gasteiger partial charge is 0.270 e. The molecule has 7 nitrogen and oxygen atoms in total. The van der Waals surface area contributed by atoms with Gasteiger partial charge in [-0.2, -0.15) is 0 Å². The largest absolute Gasteiger partial charge is 0.355 e. The highest BCUT2D eigenvalue weighted by Gasteiger charge is 2.31. The van der Waals surface area contributed by atoms with Crippen molar-refractivity contribution in [3.05, 3.63) is 40.7 Å². The lowest BCUT2D eigenvalue weighted by atomic mass is 10.1. The van der Waals surface area contributed by atoms with E-state index in [2.05, 4.69) is 15.2 Å². The summed E-state index contributed by atoms with van der Waals surface area (Å²) >= 11 is 0. The van der Waals surface area contributed by atoms with Crippen LogP contribution in [0.25, 0.3) is 0 Å². The molecule has 3 heterocycles. The maximum atomic E-state index is 12.4. The second kappa shape index (κ2) is 5.52. The number of aromatic amines is 1. The first kappa shape index (κ1) is 15.0. The fourth-order valence-electron chi connectivity index (χ4n) is 3.43. The van der Waals surface area contributed by atoms with E-state index in [4.69, 9.17) is 5.73 Å². The summed E-state index contributed by atoms with van der Waals surface area (Å²) < 4.78 is 0. The number of nitrogens with one attached hydrogen (secondary N) is 2. The molecule has 126 valence electrons. The molecule has 1 aliphatic carbocycles. The van der Waals surface area contributed by atoms with E-state index in [1.807, 2.05) is 23.1 Å². The van der Waals surface area contributed by atoms with Gasteiger partial charge in [0, 0.05) is 38.0 Å². The molecule has 1 unspecified atom stereocenters. The van der Waals surface area contributed by atoms with Crippen LogP contribution >= 0.6 is 0 Å². The highest BCUT2D eigenvalue weighted by atomic mass is 16.2. The Morgan fingerprint density at radius 1 is 1.33 bits per heavy atom. The molecule has 1 fully saturated rings. The van der Waals surface area contributed by atoms with Gasteiger partial charge in [-0.05, 0) is 36.6 Å². The molecule has 0 spiro atoms. The number of anilines is 1. The number of likely N-dealkylation sites (N-methyl/N-ethyl adjacent to an activating group) is 1. The van der Waals surface area contributed by atoms with Crippen LogP contribution in [0.3, 0.4) is 0 Å². The molecule has 2 aliphatic heterocycles. The molecule has 24 heavy (non-hydrogen) atoms. The third-order valence-corrected chi connectivity index (χ3v) is 4.94. The minimum atomic E-state index is -0.402. The summed E-state index contributed by atoms with van der Waals surface area (Å²) in [6.45, 7) is 2.49. The van der Waals surface area contributed by atoms with Gasteiger partial charge < -0.3 is 25.8 Å². The van der Waals surface area contributed by atoms with Gasteiger partial charge in [-0.3, -0.25) is 9.59 Å². The summed E-state index contributed by atoms with van der Waals surface area (Å²) in [7, 11) is 1.60. The van der Waals surface area contributed by atoms with Crippen molar-refractivity contribution in [2.75, 3.05) is 31.6 Å². The van der Waals surface area contributed by atoms with E-state index < -0.39 is 6.04 Å². The van der Waals surface area contributed by atoms with E-state index in [0.29, 0.717) is 11.3 Å². The van der Waals surface area contributed by atoms with Crippen LogP contribution in [-0.4, -0.2) is 54.4 Å². The number of hydrogen-bond donors (Lipinski definition) is 3. The van der Waals surface area contributed by atoms with E-state index >= 15 is 0 Å². The molecule has 2 amide bonds. The zero-order valence-corrected chi connectivity index (χ0v) is 13.6. The lowest BCUT2D eigenvalue weighted by Crippen LogP contribution is -2.42. The number of rotatable bonds is 3. The van der Waals surface area contributed by atoms with Crippen LogP contribution in [-0.2, 0) is 11.2 Å². The van der Waals surface area contributed by atoms with Gasteiger partial charge in [0.25, 0.3) is 5.91 Å². The van der Waals surface area contributed by atoms with Crippen LogP contribution in [0.4, 0.5) is 5.82 Å². The molecule has 4 rings (SSSR count). The van der Waals surface area contributed by atoms with Crippen LogP contribution in [0.15, 0.2) is 29.5 Å². The number of likely N-dealkylation sites (tertiary alicyclic amines) is 1. The van der Waals surface area contributed by atoms with Crippen LogP contribution in [0.1, 0.15) is 22.5 Å². The lowest BCUT2D eigenvalue weighted by molar-refractivity contribution is -0.117. The number of carbonyl (C=O) groups excluding carboxylic acids is 2. The summed E-state index contributed by atoms with van der Waals surface area (Å²) in [6, 6.07) is 1.55. The first-order valence-corrected chi connectivity index (χ1v) is 8.28. The molecule has 4 N–H and O–H groups in total. The standard InChI is InChI=1S/C17H21N5O2/c1-19-16(23)12-8-11(9-13(12)18)22-6-3-10-7-14(20-15(10)22)17(24)21-4-2-5-21/h7-9,13,20H,2-6,18H2,1H3,(H,19,23). The fraction of sp³-hybridized carbons (Fsp3) is 0.412. The van der Waals surface area contributed by atoms with E-state index in [9.17, 15) is 9.59 Å². The molecule has 0 aromatic carbocycles. The van der Waals surface area contributed by atoms with Gasteiger partial charge in [0.2, 0.25) is 5.91 Å². The topological polar surface area (TPSA) is 94.5 Å². The third-order valence-electron chi connectivity index (χ3n) is 4.94. The zero-order chi connectivity index (χ0) is 16.8. The number of nitrogens with zero attached hydrogens (tertiary/aromatic N) is 2. The van der Waals surface area contributed by atoms with E-state index in [1.165, 1.54) is 0 Å². The Kier molecular flexibility index (Phi) is 3.45. The molecule has 1 atom stereocenters. The Balaban J connectivity index is 1.59. The summed E-state index contributed by atoms with van der Waals surface area (Å²) in [5.74, 6) is 0.842. The number of H-pyrrole nitrogens is 1. The average molecular weight is 327 g/mol. The monoisotopic (exact) mass is 327 g/mol. The first-order chi connectivity index (χ1) is 11.6. The number of aromatic nitrogens is 1. The Morgan fingerprint density at radius 3 is 2.79 bits per heavy atom. The third kappa shape index (κ3) is 2.24. The highest BCUT2D eigenvalue weighted by molar-refractivity contribution is 5.97. The Hall–Kier alpha value is -2.54. The molecule has 1 aromatic rings. The van der Waals surface area contributed by atoms with Gasteiger partial charge in [0.1, 0.15) is 11.5 Å². The van der Waals surface area contributed by atoms with E-state index in [-0.39, 0.29) is 11.8 Å². The van der Waals surface area contributed by atoms with Gasteiger partial charge in [-0.1, -0.05) is 0 Å². The minimum absolute atomic E-state index is 0.0642. The molecule has 0 radical (unpaired) electrons. The molecule has 3 aliphatic rings. The summed E-state index contributed by atoms with van der Waals surface area (Å²) in [4.78, 5) is 31.4. The van der Waals surface area contributed by atoms with E-state index in [1.54, 1.807) is 7.05 Å². The fourth-order valence-corrected chi connectivity index (χ4v) is 3.43. The van der Waals surface area contributed by atoms with Crippen molar-refractivity contribution in [1.29, 1.82) is 0 Å². The van der Waals surface area contributed by atoms with Crippen molar-refractivity contribution >= 4 is 17.6 Å². The van der Waals surface area contributed by atoms with Gasteiger partial charge in [0.15, 0.2) is 0 Å². The molecular weight excluding hydrogens is 306 g/mol. The Bertz CT molecular complexity index is 772. The molecule has 0 saturated carbocycles. The van der Waals surface area contributed by atoms with Crippen molar-refractivity contribution in [3.63, 3.8) is 0 Å². The molecule has 1 saturated heterocycles. The van der Waals surface area contributed by atoms with Crippen molar-refractivity contribution in [1.82, 2.24) is 15.2 Å². The van der Waals surface area contributed by atoms with Gasteiger partial charge in [-0.25, -0.2) is 0 Å². The van der Waals surface area contributed by atoms with Crippen molar-refractivity contribution in [3.8, 4) is 0 Å². The summed E-state index contributed by atoms with van der Waals surface area (Å²) in [6.07, 6.45) is 5.67. The number of nitrogens with two attached hydrogens (primary N) is 1. The Morgan fingerprint density at radius 2 is 2.12 bits per heavy atom. The number of carbonyl (C=O) groups is 2.